The molecule has 1 aliphatic carbocycles. The Kier molecular flexibility index (Phi) is 4.84. The zero-order chi connectivity index (χ0) is 13.0. The second-order valence-electron chi connectivity index (χ2n) is 4.90. The van der Waals surface area contributed by atoms with E-state index in [4.69, 9.17) is 16.3 Å². The van der Waals surface area contributed by atoms with E-state index in [-0.39, 0.29) is 0 Å². The van der Waals surface area contributed by atoms with Gasteiger partial charge in [-0.15, -0.1) is 11.6 Å². The predicted octanol–water partition coefficient (Wildman–Crippen LogP) is 3.07. The summed E-state index contributed by atoms with van der Waals surface area (Å²) in [6.07, 6.45) is 4.53. The minimum atomic E-state index is 0.462. The first-order valence-corrected chi connectivity index (χ1v) is 7.06. The Labute approximate surface area is 114 Å². The summed E-state index contributed by atoms with van der Waals surface area (Å²) >= 11 is 5.86. The summed E-state index contributed by atoms with van der Waals surface area (Å²) < 4.78 is 5.22. The zero-order valence-electron chi connectivity index (χ0n) is 11.1. The number of alkyl halides is 1. The number of rotatable bonds is 7. The quantitative estimate of drug-likeness (QED) is 0.711. The lowest BCUT2D eigenvalue weighted by Gasteiger charge is -2.31. The molecule has 1 fully saturated rings. The lowest BCUT2D eigenvalue weighted by Crippen LogP contribution is -2.37. The molecule has 1 aromatic heterocycles. The highest BCUT2D eigenvalue weighted by Crippen LogP contribution is 2.36. The molecule has 18 heavy (non-hydrogen) atoms. The first-order chi connectivity index (χ1) is 8.76. The fourth-order valence-corrected chi connectivity index (χ4v) is 2.45. The van der Waals surface area contributed by atoms with Gasteiger partial charge in [0.1, 0.15) is 0 Å². The van der Waals surface area contributed by atoms with Gasteiger partial charge in [0, 0.05) is 31.6 Å². The van der Waals surface area contributed by atoms with Crippen LogP contribution in [-0.2, 0) is 10.6 Å². The monoisotopic (exact) mass is 268 g/mol. The number of pyridine rings is 1. The number of nitrogens with zero attached hydrogens (tertiary/aromatic N) is 2. The van der Waals surface area contributed by atoms with Crippen LogP contribution in [0.25, 0.3) is 0 Å². The van der Waals surface area contributed by atoms with Crippen LogP contribution >= 0.6 is 11.6 Å². The molecule has 1 aromatic rings. The molecule has 0 spiro atoms. The third-order valence-corrected chi connectivity index (χ3v) is 3.87. The number of anilines is 1. The average Bonchev–Trinajstić information content (AvgIpc) is 3.23. The number of halogens is 1. The number of hydrogen-bond donors (Lipinski definition) is 0. The van der Waals surface area contributed by atoms with Gasteiger partial charge >= 0.3 is 0 Å². The van der Waals surface area contributed by atoms with Crippen LogP contribution in [0, 0.1) is 5.92 Å². The van der Waals surface area contributed by atoms with E-state index in [2.05, 4.69) is 28.9 Å². The van der Waals surface area contributed by atoms with E-state index in [0.29, 0.717) is 11.9 Å². The third kappa shape index (κ3) is 3.36. The van der Waals surface area contributed by atoms with Crippen molar-refractivity contribution in [2.24, 2.45) is 5.92 Å². The van der Waals surface area contributed by atoms with Crippen LogP contribution in [-0.4, -0.2) is 31.3 Å². The van der Waals surface area contributed by atoms with Gasteiger partial charge in [0.25, 0.3) is 0 Å². The highest BCUT2D eigenvalue weighted by Gasteiger charge is 2.32. The molecule has 1 aliphatic rings. The van der Waals surface area contributed by atoms with Crippen molar-refractivity contribution in [2.45, 2.75) is 31.7 Å². The van der Waals surface area contributed by atoms with E-state index in [0.717, 1.165) is 24.8 Å². The molecule has 0 amide bonds. The van der Waals surface area contributed by atoms with Crippen LogP contribution < -0.4 is 4.90 Å². The molecule has 1 heterocycles. The number of methoxy groups -OCH3 is 1. The van der Waals surface area contributed by atoms with Gasteiger partial charge in [-0.1, -0.05) is 0 Å². The van der Waals surface area contributed by atoms with Crippen molar-refractivity contribution in [3.8, 4) is 0 Å². The maximum absolute atomic E-state index is 5.86. The Morgan fingerprint density at radius 2 is 2.33 bits per heavy atom. The summed E-state index contributed by atoms with van der Waals surface area (Å²) in [5, 5.41) is 0. The van der Waals surface area contributed by atoms with Gasteiger partial charge in [0.2, 0.25) is 0 Å². The Balaban J connectivity index is 2.14. The summed E-state index contributed by atoms with van der Waals surface area (Å²) in [5.41, 5.74) is 2.14. The molecule has 0 saturated heterocycles. The number of ether oxygens (including phenoxy) is 1. The Morgan fingerprint density at radius 3 is 2.94 bits per heavy atom. The highest BCUT2D eigenvalue weighted by atomic mass is 35.5. The number of aromatic nitrogens is 1. The highest BCUT2D eigenvalue weighted by molar-refractivity contribution is 6.16. The Morgan fingerprint density at radius 1 is 1.56 bits per heavy atom. The van der Waals surface area contributed by atoms with E-state index in [1.807, 2.05) is 6.20 Å². The average molecular weight is 269 g/mol. The normalized spacial score (nSPS) is 16.6. The van der Waals surface area contributed by atoms with Crippen LogP contribution in [0.4, 0.5) is 5.69 Å². The molecule has 2 rings (SSSR count). The van der Waals surface area contributed by atoms with Crippen molar-refractivity contribution in [3.63, 3.8) is 0 Å². The topological polar surface area (TPSA) is 25.4 Å². The molecular weight excluding hydrogens is 248 g/mol. The van der Waals surface area contributed by atoms with Crippen molar-refractivity contribution >= 4 is 17.3 Å². The molecule has 0 aliphatic heterocycles. The summed E-state index contributed by atoms with van der Waals surface area (Å²) in [5.74, 6) is 1.29. The van der Waals surface area contributed by atoms with Crippen LogP contribution in [0.5, 0.6) is 0 Å². The summed E-state index contributed by atoms with van der Waals surface area (Å²) in [6.45, 7) is 3.96. The Bertz CT molecular complexity index is 382. The van der Waals surface area contributed by atoms with Gasteiger partial charge in [-0.25, -0.2) is 0 Å². The zero-order valence-corrected chi connectivity index (χ0v) is 11.9. The summed E-state index contributed by atoms with van der Waals surface area (Å²) in [4.78, 5) is 6.67. The van der Waals surface area contributed by atoms with Crippen LogP contribution in [0.3, 0.4) is 0 Å². The second kappa shape index (κ2) is 6.39. The maximum atomic E-state index is 5.86. The van der Waals surface area contributed by atoms with E-state index >= 15 is 0 Å². The van der Waals surface area contributed by atoms with Crippen molar-refractivity contribution in [1.29, 1.82) is 0 Å². The SMILES string of the molecule is COCCN(c1ccnc(CCl)c1)C(C)C1CC1. The van der Waals surface area contributed by atoms with Crippen LogP contribution in [0.2, 0.25) is 0 Å². The van der Waals surface area contributed by atoms with Gasteiger partial charge in [-0.2, -0.15) is 0 Å². The number of hydrogen-bond acceptors (Lipinski definition) is 3. The minimum absolute atomic E-state index is 0.462. The van der Waals surface area contributed by atoms with E-state index < -0.39 is 0 Å². The van der Waals surface area contributed by atoms with Gasteiger partial charge in [-0.05, 0) is 37.8 Å². The van der Waals surface area contributed by atoms with Gasteiger partial charge in [-0.3, -0.25) is 4.98 Å². The second-order valence-corrected chi connectivity index (χ2v) is 5.17. The predicted molar refractivity (Wildman–Crippen MR) is 75.2 cm³/mol. The van der Waals surface area contributed by atoms with Gasteiger partial charge in [0.05, 0.1) is 18.2 Å². The lowest BCUT2D eigenvalue weighted by atomic mass is 10.1. The van der Waals surface area contributed by atoms with Crippen molar-refractivity contribution in [3.05, 3.63) is 24.0 Å². The van der Waals surface area contributed by atoms with Crippen molar-refractivity contribution in [1.82, 2.24) is 4.98 Å². The van der Waals surface area contributed by atoms with E-state index in [1.54, 1.807) is 7.11 Å². The summed E-state index contributed by atoms with van der Waals surface area (Å²) in [6, 6.07) is 4.71. The van der Waals surface area contributed by atoms with Crippen molar-refractivity contribution < 1.29 is 4.74 Å². The van der Waals surface area contributed by atoms with Crippen molar-refractivity contribution in [2.75, 3.05) is 25.2 Å². The first-order valence-electron chi connectivity index (χ1n) is 6.52. The largest absolute Gasteiger partial charge is 0.383 e. The molecular formula is C14H21ClN2O. The Hall–Kier alpha value is -0.800. The minimum Gasteiger partial charge on any atom is -0.383 e. The van der Waals surface area contributed by atoms with Crippen LogP contribution in [0.15, 0.2) is 18.3 Å². The molecule has 0 radical (unpaired) electrons. The first kappa shape index (κ1) is 13.6. The molecule has 3 nitrogen and oxygen atoms in total. The fraction of sp³-hybridized carbons (Fsp3) is 0.643. The molecule has 0 aromatic carbocycles. The molecule has 1 unspecified atom stereocenters. The van der Waals surface area contributed by atoms with Gasteiger partial charge in [0.15, 0.2) is 0 Å². The molecule has 4 heteroatoms. The maximum Gasteiger partial charge on any atom is 0.0648 e. The van der Waals surface area contributed by atoms with Gasteiger partial charge < -0.3 is 9.64 Å². The fourth-order valence-electron chi connectivity index (χ4n) is 2.31. The van der Waals surface area contributed by atoms with E-state index in [1.165, 1.54) is 18.5 Å². The smallest absolute Gasteiger partial charge is 0.0648 e. The van der Waals surface area contributed by atoms with Crippen LogP contribution in [0.1, 0.15) is 25.5 Å². The molecule has 0 N–H and O–H groups in total. The van der Waals surface area contributed by atoms with E-state index in [9.17, 15) is 0 Å². The summed E-state index contributed by atoms with van der Waals surface area (Å²) in [7, 11) is 1.75. The molecule has 1 atom stereocenters. The third-order valence-electron chi connectivity index (χ3n) is 3.60. The molecule has 100 valence electrons. The molecule has 1 saturated carbocycles. The lowest BCUT2D eigenvalue weighted by molar-refractivity contribution is 0.202. The standard InChI is InChI=1S/C14H21ClN2O/c1-11(12-3-4-12)17(7-8-18-2)14-5-6-16-13(9-14)10-15/h5-6,9,11-12H,3-4,7-8,10H2,1-2H3. The molecule has 0 bridgehead atoms.